The van der Waals surface area contributed by atoms with E-state index in [2.05, 4.69) is 16.7 Å². The zero-order valence-electron chi connectivity index (χ0n) is 17.6. The monoisotopic (exact) mass is 399 g/mol. The van der Waals surface area contributed by atoms with Crippen molar-refractivity contribution < 1.29 is 14.0 Å². The molecular formula is C23H33N3O3. The lowest BCUT2D eigenvalue weighted by atomic mass is 9.65. The number of furan rings is 1. The Balaban J connectivity index is 1.35. The molecule has 1 spiro atoms. The van der Waals surface area contributed by atoms with Gasteiger partial charge in [-0.1, -0.05) is 6.92 Å². The first-order valence-corrected chi connectivity index (χ1v) is 11.4. The van der Waals surface area contributed by atoms with E-state index in [0.29, 0.717) is 17.6 Å². The van der Waals surface area contributed by atoms with Crippen molar-refractivity contribution in [3.05, 3.63) is 24.2 Å². The zero-order chi connectivity index (χ0) is 20.1. The van der Waals surface area contributed by atoms with Gasteiger partial charge in [-0.25, -0.2) is 0 Å². The number of carbonyl (C=O) groups excluding carboxylic acids is 2. The molecule has 1 saturated carbocycles. The largest absolute Gasteiger partial charge is 0.459 e. The summed E-state index contributed by atoms with van der Waals surface area (Å²) < 4.78 is 5.32. The van der Waals surface area contributed by atoms with Crippen LogP contribution in [0.3, 0.4) is 0 Å². The summed E-state index contributed by atoms with van der Waals surface area (Å²) >= 11 is 0. The Bertz CT molecular complexity index is 762. The molecule has 3 saturated heterocycles. The molecule has 0 unspecified atom stereocenters. The Morgan fingerprint density at radius 2 is 1.83 bits per heavy atom. The summed E-state index contributed by atoms with van der Waals surface area (Å²) in [6, 6.07) is 3.52. The minimum Gasteiger partial charge on any atom is -0.459 e. The number of hydrogen-bond donors (Lipinski definition) is 0. The molecule has 158 valence electrons. The maximum atomic E-state index is 13.7. The third-order valence-electron chi connectivity index (χ3n) is 8.47. The van der Waals surface area contributed by atoms with Gasteiger partial charge in [0.05, 0.1) is 11.7 Å². The molecule has 1 aliphatic carbocycles. The molecule has 3 aliphatic heterocycles. The number of piperidine rings is 1. The molecule has 0 radical (unpaired) electrons. The molecule has 0 aromatic carbocycles. The molecule has 6 heteroatoms. The van der Waals surface area contributed by atoms with Crippen molar-refractivity contribution in [1.29, 1.82) is 0 Å². The average molecular weight is 400 g/mol. The van der Waals surface area contributed by atoms with Gasteiger partial charge in [-0.2, -0.15) is 0 Å². The van der Waals surface area contributed by atoms with Crippen LogP contribution in [0.25, 0.3) is 0 Å². The Labute approximate surface area is 173 Å². The number of fused-ring (bicyclic) bond motifs is 2. The highest BCUT2D eigenvalue weighted by atomic mass is 16.3. The third kappa shape index (κ3) is 2.94. The van der Waals surface area contributed by atoms with E-state index in [0.717, 1.165) is 84.3 Å². The highest BCUT2D eigenvalue weighted by molar-refractivity contribution is 5.91. The van der Waals surface area contributed by atoms with Crippen LogP contribution in [0, 0.1) is 16.7 Å². The standard InChI is InChI=1S/C23H33N3O3/c1-2-24-16-19-22(7-8-23(19,17-24)21(28)26-11-3-4-12-26)9-13-25(14-10-22)20(27)18-6-5-15-29-18/h5-6,15,19H,2-4,7-14,16-17H2,1H3/t19-,23+/m0/s1. The van der Waals surface area contributed by atoms with Gasteiger partial charge in [-0.05, 0) is 68.5 Å². The van der Waals surface area contributed by atoms with E-state index in [4.69, 9.17) is 4.42 Å². The van der Waals surface area contributed by atoms with E-state index >= 15 is 0 Å². The summed E-state index contributed by atoms with van der Waals surface area (Å²) in [5.74, 6) is 1.30. The predicted octanol–water partition coefficient (Wildman–Crippen LogP) is 2.86. The van der Waals surface area contributed by atoms with Crippen molar-refractivity contribution in [2.45, 2.75) is 45.4 Å². The fourth-order valence-corrected chi connectivity index (χ4v) is 6.80. The van der Waals surface area contributed by atoms with Crippen molar-refractivity contribution in [3.63, 3.8) is 0 Å². The number of hydrogen-bond acceptors (Lipinski definition) is 4. The molecule has 4 fully saturated rings. The lowest BCUT2D eigenvalue weighted by Crippen LogP contribution is -2.50. The quantitative estimate of drug-likeness (QED) is 0.784. The normalized spacial score (nSPS) is 31.6. The molecule has 0 N–H and O–H groups in total. The molecule has 2 atom stereocenters. The fourth-order valence-electron chi connectivity index (χ4n) is 6.80. The van der Waals surface area contributed by atoms with Gasteiger partial charge in [0.25, 0.3) is 5.91 Å². The SMILES string of the molecule is CCN1C[C@H]2C3(CCN(C(=O)c4ccco4)CC3)CC[C@@]2(C(=O)N2CCCC2)C1. The third-order valence-corrected chi connectivity index (χ3v) is 8.47. The van der Waals surface area contributed by atoms with Crippen molar-refractivity contribution in [1.82, 2.24) is 14.7 Å². The molecule has 4 aliphatic rings. The molecule has 2 amide bonds. The van der Waals surface area contributed by atoms with E-state index in [1.807, 2.05) is 4.90 Å². The minimum absolute atomic E-state index is 0.00357. The van der Waals surface area contributed by atoms with Crippen molar-refractivity contribution in [2.24, 2.45) is 16.7 Å². The Morgan fingerprint density at radius 3 is 2.48 bits per heavy atom. The second-order valence-corrected chi connectivity index (χ2v) is 9.67. The second-order valence-electron chi connectivity index (χ2n) is 9.67. The lowest BCUT2D eigenvalue weighted by molar-refractivity contribution is -0.142. The Morgan fingerprint density at radius 1 is 1.07 bits per heavy atom. The number of likely N-dealkylation sites (tertiary alicyclic amines) is 3. The second kappa shape index (κ2) is 7.15. The Kier molecular flexibility index (Phi) is 4.72. The highest BCUT2D eigenvalue weighted by Crippen LogP contribution is 2.62. The summed E-state index contributed by atoms with van der Waals surface area (Å²) in [4.78, 5) is 33.0. The summed E-state index contributed by atoms with van der Waals surface area (Å²) in [7, 11) is 0. The van der Waals surface area contributed by atoms with E-state index in [-0.39, 0.29) is 16.7 Å². The van der Waals surface area contributed by atoms with Crippen LogP contribution in [0.2, 0.25) is 0 Å². The van der Waals surface area contributed by atoms with Gasteiger partial charge in [-0.15, -0.1) is 0 Å². The first-order chi connectivity index (χ1) is 14.1. The summed E-state index contributed by atoms with van der Waals surface area (Å²) in [5.41, 5.74) is 0.0206. The molecule has 4 heterocycles. The van der Waals surface area contributed by atoms with E-state index in [9.17, 15) is 9.59 Å². The molecule has 6 nitrogen and oxygen atoms in total. The van der Waals surface area contributed by atoms with Crippen LogP contribution in [0.5, 0.6) is 0 Å². The van der Waals surface area contributed by atoms with E-state index < -0.39 is 0 Å². The molecule has 0 bridgehead atoms. The van der Waals surface area contributed by atoms with Crippen LogP contribution in [-0.4, -0.2) is 72.3 Å². The lowest BCUT2D eigenvalue weighted by Gasteiger charge is -2.44. The number of carbonyl (C=O) groups is 2. The van der Waals surface area contributed by atoms with Crippen LogP contribution in [-0.2, 0) is 4.79 Å². The molecule has 5 rings (SSSR count). The fraction of sp³-hybridized carbons (Fsp3) is 0.739. The number of amides is 2. The Hall–Kier alpha value is -1.82. The van der Waals surface area contributed by atoms with E-state index in [1.165, 1.54) is 0 Å². The number of rotatable bonds is 3. The molecular weight excluding hydrogens is 366 g/mol. The predicted molar refractivity (Wildman–Crippen MR) is 109 cm³/mol. The highest BCUT2D eigenvalue weighted by Gasteiger charge is 2.64. The zero-order valence-corrected chi connectivity index (χ0v) is 17.6. The first kappa shape index (κ1) is 19.2. The van der Waals surface area contributed by atoms with Crippen molar-refractivity contribution in [3.8, 4) is 0 Å². The topological polar surface area (TPSA) is 57.0 Å². The summed E-state index contributed by atoms with van der Waals surface area (Å²) in [6.07, 6.45) is 8.05. The maximum Gasteiger partial charge on any atom is 0.289 e. The van der Waals surface area contributed by atoms with Crippen LogP contribution < -0.4 is 0 Å². The van der Waals surface area contributed by atoms with Crippen LogP contribution in [0.4, 0.5) is 0 Å². The van der Waals surface area contributed by atoms with Crippen LogP contribution >= 0.6 is 0 Å². The van der Waals surface area contributed by atoms with Gasteiger partial charge in [0, 0.05) is 39.3 Å². The average Bonchev–Trinajstić information content (AvgIpc) is 3.53. The first-order valence-electron chi connectivity index (χ1n) is 11.4. The van der Waals surface area contributed by atoms with Gasteiger partial charge >= 0.3 is 0 Å². The van der Waals surface area contributed by atoms with Crippen molar-refractivity contribution in [2.75, 3.05) is 45.8 Å². The molecule has 1 aromatic heterocycles. The van der Waals surface area contributed by atoms with Gasteiger partial charge in [0.15, 0.2) is 5.76 Å². The molecule has 29 heavy (non-hydrogen) atoms. The van der Waals surface area contributed by atoms with Crippen molar-refractivity contribution >= 4 is 11.8 Å². The van der Waals surface area contributed by atoms with Gasteiger partial charge < -0.3 is 19.1 Å². The minimum atomic E-state index is -0.187. The number of nitrogens with zero attached hydrogens (tertiary/aromatic N) is 3. The smallest absolute Gasteiger partial charge is 0.289 e. The van der Waals surface area contributed by atoms with Gasteiger partial charge in [0.2, 0.25) is 5.91 Å². The van der Waals surface area contributed by atoms with E-state index in [1.54, 1.807) is 18.4 Å². The molecule has 1 aromatic rings. The van der Waals surface area contributed by atoms with Gasteiger partial charge in [0.1, 0.15) is 0 Å². The summed E-state index contributed by atoms with van der Waals surface area (Å²) in [6.45, 7) is 8.64. The van der Waals surface area contributed by atoms with Crippen LogP contribution in [0.15, 0.2) is 22.8 Å². The summed E-state index contributed by atoms with van der Waals surface area (Å²) in [5, 5.41) is 0. The maximum absolute atomic E-state index is 13.7. The van der Waals surface area contributed by atoms with Crippen LogP contribution in [0.1, 0.15) is 56.0 Å². The van der Waals surface area contributed by atoms with Gasteiger partial charge in [-0.3, -0.25) is 9.59 Å².